The molecule has 3 aromatic carbocycles. The quantitative estimate of drug-likeness (QED) is 0.221. The molecule has 0 fully saturated rings. The van der Waals surface area contributed by atoms with E-state index >= 15 is 0 Å². The van der Waals surface area contributed by atoms with Gasteiger partial charge in [0, 0.05) is 16.2 Å². The average Bonchev–Trinajstić information content (AvgIpc) is 3.68. The Morgan fingerprint density at radius 1 is 0.884 bits per heavy atom. The van der Waals surface area contributed by atoms with Gasteiger partial charge in [-0.05, 0) is 53.5 Å². The molecule has 0 aliphatic rings. The lowest BCUT2D eigenvalue weighted by Gasteiger charge is -2.28. The van der Waals surface area contributed by atoms with Crippen LogP contribution in [0.2, 0.25) is 16.6 Å². The molecule has 0 spiro atoms. The van der Waals surface area contributed by atoms with E-state index in [-0.39, 0.29) is 17.0 Å². The molecule has 1 unspecified atom stereocenters. The third kappa shape index (κ3) is 8.23. The number of aliphatic hydroxyl groups excluding tert-OH is 1. The molecule has 1 atom stereocenters. The fourth-order valence-electron chi connectivity index (χ4n) is 4.46. The van der Waals surface area contributed by atoms with E-state index in [4.69, 9.17) is 23.2 Å². The molecule has 0 radical (unpaired) electrons. The van der Waals surface area contributed by atoms with Crippen molar-refractivity contribution in [3.05, 3.63) is 119 Å². The maximum atomic E-state index is 13.2. The summed E-state index contributed by atoms with van der Waals surface area (Å²) in [6, 6.07) is 18.3. The predicted octanol–water partition coefficient (Wildman–Crippen LogP) is 5.98. The van der Waals surface area contributed by atoms with Crippen molar-refractivity contribution >= 4 is 53.4 Å². The van der Waals surface area contributed by atoms with Crippen LogP contribution in [0.25, 0.3) is 11.8 Å². The Morgan fingerprint density at radius 2 is 1.44 bits per heavy atom. The molecular weight excluding hydrogens is 609 g/mol. The van der Waals surface area contributed by atoms with Crippen LogP contribution in [-0.4, -0.2) is 48.8 Å². The van der Waals surface area contributed by atoms with E-state index in [0.717, 1.165) is 15.9 Å². The summed E-state index contributed by atoms with van der Waals surface area (Å²) in [4.78, 5) is 7.91. The van der Waals surface area contributed by atoms with Crippen molar-refractivity contribution in [2.45, 2.75) is 39.6 Å². The predicted molar refractivity (Wildman–Crippen MR) is 170 cm³/mol. The van der Waals surface area contributed by atoms with Crippen LogP contribution in [-0.2, 0) is 6.17 Å². The molecule has 12 heteroatoms. The number of hydrogen-bond acceptors (Lipinski definition) is 5. The molecule has 224 valence electrons. The van der Waals surface area contributed by atoms with Crippen LogP contribution in [0, 0.1) is 17.0 Å². The van der Waals surface area contributed by atoms with Crippen molar-refractivity contribution in [2.75, 3.05) is 0 Å². The van der Waals surface area contributed by atoms with Gasteiger partial charge in [-0.1, -0.05) is 91.2 Å². The van der Waals surface area contributed by atoms with Crippen molar-refractivity contribution in [2.24, 2.45) is 5.41 Å². The molecule has 0 aliphatic carbocycles. The highest BCUT2D eigenvalue weighted by Gasteiger charge is 2.33. The minimum atomic E-state index is -2.22. The van der Waals surface area contributed by atoms with Crippen LogP contribution in [0.4, 0.5) is 8.78 Å². The van der Waals surface area contributed by atoms with E-state index in [1.165, 1.54) is 36.9 Å². The maximum Gasteiger partial charge on any atom is 0.138 e. The largest absolute Gasteiger partial charge is 0.386 e. The molecular formula is C31H32Cl2F2N6OSi. The van der Waals surface area contributed by atoms with Gasteiger partial charge in [-0.25, -0.2) is 23.4 Å². The van der Waals surface area contributed by atoms with Gasteiger partial charge in [0.05, 0.1) is 5.70 Å². The van der Waals surface area contributed by atoms with Crippen molar-refractivity contribution in [3.63, 3.8) is 0 Å². The molecule has 2 aromatic heterocycles. The minimum absolute atomic E-state index is 0.264. The van der Waals surface area contributed by atoms with E-state index in [0.29, 0.717) is 21.9 Å². The summed E-state index contributed by atoms with van der Waals surface area (Å²) in [6.45, 7) is 8.01. The molecule has 0 saturated carbocycles. The standard InChI is InChI=1S/C16H15F2N3Si.C15H17Cl2N3O/c1-22(12-21-11-19-10-20-21,15-6-2-13(17)3-7-15)16-8-4-14(18)5-9-16;1-15(2,3)14(21)13(20-9-18-8-19-20)6-10-4-5-11(16)7-12(10)17/h2-11H,12H2,1H3;4-9,14,21H,1-3H3/b;13-6-. The summed E-state index contributed by atoms with van der Waals surface area (Å²) in [5.41, 5.74) is 1.01. The van der Waals surface area contributed by atoms with Gasteiger partial charge < -0.3 is 5.11 Å². The normalized spacial score (nSPS) is 12.9. The van der Waals surface area contributed by atoms with Gasteiger partial charge in [0.1, 0.15) is 51.1 Å². The Morgan fingerprint density at radius 3 is 1.91 bits per heavy atom. The Bertz CT molecular complexity index is 1590. The number of benzene rings is 3. The van der Waals surface area contributed by atoms with Crippen molar-refractivity contribution in [1.29, 1.82) is 0 Å². The Labute approximate surface area is 260 Å². The fraction of sp³-hybridized carbons (Fsp3) is 0.226. The topological polar surface area (TPSA) is 81.6 Å². The first-order chi connectivity index (χ1) is 20.4. The summed E-state index contributed by atoms with van der Waals surface area (Å²) in [5.74, 6) is -0.528. The van der Waals surface area contributed by atoms with E-state index in [1.807, 2.05) is 45.0 Å². The summed E-state index contributed by atoms with van der Waals surface area (Å²) < 4.78 is 29.8. The lowest BCUT2D eigenvalue weighted by molar-refractivity contribution is 0.109. The van der Waals surface area contributed by atoms with E-state index < -0.39 is 14.2 Å². The lowest BCUT2D eigenvalue weighted by Crippen LogP contribution is -2.59. The number of nitrogens with zero attached hydrogens (tertiary/aromatic N) is 6. The number of halogens is 4. The summed E-state index contributed by atoms with van der Waals surface area (Å²) >= 11 is 12.1. The number of aromatic nitrogens is 6. The highest BCUT2D eigenvalue weighted by molar-refractivity contribution is 7.00. The Hall–Kier alpha value is -3.70. The maximum absolute atomic E-state index is 13.2. The zero-order valence-electron chi connectivity index (χ0n) is 24.2. The third-order valence-corrected chi connectivity index (χ3v) is 11.7. The summed E-state index contributed by atoms with van der Waals surface area (Å²) in [5, 5.41) is 22.1. The van der Waals surface area contributed by atoms with Crippen molar-refractivity contribution in [1.82, 2.24) is 29.5 Å². The smallest absolute Gasteiger partial charge is 0.138 e. The van der Waals surface area contributed by atoms with Gasteiger partial charge in [0.15, 0.2) is 0 Å². The number of aliphatic hydroxyl groups is 1. The first-order valence-electron chi connectivity index (χ1n) is 13.4. The lowest BCUT2D eigenvalue weighted by atomic mass is 9.86. The zero-order valence-corrected chi connectivity index (χ0v) is 26.7. The molecule has 43 heavy (non-hydrogen) atoms. The molecule has 5 rings (SSSR count). The van der Waals surface area contributed by atoms with Crippen LogP contribution < -0.4 is 10.4 Å². The molecule has 7 nitrogen and oxygen atoms in total. The van der Waals surface area contributed by atoms with Gasteiger partial charge in [0.25, 0.3) is 0 Å². The number of hydrogen-bond donors (Lipinski definition) is 1. The number of rotatable bonds is 7. The van der Waals surface area contributed by atoms with Crippen LogP contribution in [0.5, 0.6) is 0 Å². The molecule has 0 saturated heterocycles. The van der Waals surface area contributed by atoms with Gasteiger partial charge in [-0.2, -0.15) is 10.2 Å². The SMILES string of the molecule is CC(C)(C)C(O)/C(=C/c1ccc(Cl)cc1Cl)n1cncn1.C[Si](Cn1cncn1)(c1ccc(F)cc1)c1ccc(F)cc1. The van der Waals surface area contributed by atoms with Crippen molar-refractivity contribution < 1.29 is 13.9 Å². The molecule has 1 N–H and O–H groups in total. The second-order valence-electron chi connectivity index (χ2n) is 11.3. The second kappa shape index (κ2) is 13.7. The van der Waals surface area contributed by atoms with Crippen LogP contribution in [0.15, 0.2) is 92.0 Å². The fourth-order valence-corrected chi connectivity index (χ4v) is 8.23. The third-order valence-electron chi connectivity index (χ3n) is 6.96. The van der Waals surface area contributed by atoms with Gasteiger partial charge in [-0.3, -0.25) is 4.68 Å². The zero-order chi connectivity index (χ0) is 31.2. The Kier molecular flexibility index (Phi) is 10.3. The average molecular weight is 642 g/mol. The van der Waals surface area contributed by atoms with Gasteiger partial charge >= 0.3 is 0 Å². The monoisotopic (exact) mass is 640 g/mol. The van der Waals surface area contributed by atoms with Crippen LogP contribution in [0.3, 0.4) is 0 Å². The van der Waals surface area contributed by atoms with Crippen molar-refractivity contribution in [3.8, 4) is 0 Å². The van der Waals surface area contributed by atoms with Gasteiger partial charge in [-0.15, -0.1) is 0 Å². The molecule has 0 bridgehead atoms. The molecule has 0 amide bonds. The van der Waals surface area contributed by atoms with Crippen LogP contribution in [0.1, 0.15) is 26.3 Å². The molecule has 2 heterocycles. The highest BCUT2D eigenvalue weighted by atomic mass is 35.5. The van der Waals surface area contributed by atoms with Gasteiger partial charge in [0.2, 0.25) is 0 Å². The van der Waals surface area contributed by atoms with E-state index in [1.54, 1.807) is 46.3 Å². The van der Waals surface area contributed by atoms with E-state index in [9.17, 15) is 13.9 Å². The molecule has 0 aliphatic heterocycles. The van der Waals surface area contributed by atoms with E-state index in [2.05, 4.69) is 26.7 Å². The first-order valence-corrected chi connectivity index (χ1v) is 16.9. The first kappa shape index (κ1) is 32.2. The van der Waals surface area contributed by atoms with Crippen LogP contribution >= 0.6 is 23.2 Å². The Balaban J connectivity index is 0.000000197. The summed E-state index contributed by atoms with van der Waals surface area (Å²) in [7, 11) is -2.22. The summed E-state index contributed by atoms with van der Waals surface area (Å²) in [6.07, 6.45) is 7.85. The second-order valence-corrected chi connectivity index (χ2v) is 16.3. The highest BCUT2D eigenvalue weighted by Crippen LogP contribution is 2.31. The minimum Gasteiger partial charge on any atom is -0.386 e. The molecule has 5 aromatic rings.